The van der Waals surface area contributed by atoms with Crippen molar-refractivity contribution in [1.82, 2.24) is 4.72 Å². The average Bonchev–Trinajstić information content (AvgIpc) is 2.24. The van der Waals surface area contributed by atoms with E-state index in [-0.39, 0.29) is 16.4 Å². The summed E-state index contributed by atoms with van der Waals surface area (Å²) in [5.41, 5.74) is 6.13. The van der Waals surface area contributed by atoms with Crippen molar-refractivity contribution in [2.75, 3.05) is 6.54 Å². The zero-order valence-electron chi connectivity index (χ0n) is 13.3. The molecule has 1 aromatic rings. The molecule has 0 spiro atoms. The van der Waals surface area contributed by atoms with Gasteiger partial charge in [-0.3, -0.25) is 0 Å². The number of aryl methyl sites for hydroxylation is 2. The van der Waals surface area contributed by atoms with Crippen LogP contribution >= 0.6 is 0 Å². The van der Waals surface area contributed by atoms with Gasteiger partial charge in [-0.05, 0) is 55.5 Å². The number of rotatable bonds is 5. The molecular weight excluding hydrogens is 291 g/mol. The van der Waals surface area contributed by atoms with Gasteiger partial charge in [-0.25, -0.2) is 17.5 Å². The van der Waals surface area contributed by atoms with Crippen molar-refractivity contribution in [1.29, 1.82) is 0 Å². The summed E-state index contributed by atoms with van der Waals surface area (Å²) in [5, 5.41) is 0. The second-order valence-corrected chi connectivity index (χ2v) is 8.14. The molecule has 0 amide bonds. The van der Waals surface area contributed by atoms with E-state index < -0.39 is 15.8 Å². The van der Waals surface area contributed by atoms with Gasteiger partial charge in [0.1, 0.15) is 5.82 Å². The fourth-order valence-electron chi connectivity index (χ4n) is 2.40. The lowest BCUT2D eigenvalue weighted by Gasteiger charge is -2.31. The molecule has 0 aliphatic rings. The molecule has 3 N–H and O–H groups in total. The average molecular weight is 316 g/mol. The maximum Gasteiger partial charge on any atom is 0.241 e. The van der Waals surface area contributed by atoms with Crippen LogP contribution in [0.25, 0.3) is 0 Å². The lowest BCUT2D eigenvalue weighted by atomic mass is 9.85. The van der Waals surface area contributed by atoms with E-state index in [1.165, 1.54) is 12.1 Å². The van der Waals surface area contributed by atoms with Gasteiger partial charge in [0.2, 0.25) is 10.0 Å². The molecule has 0 fully saturated rings. The highest BCUT2D eigenvalue weighted by atomic mass is 32.2. The molecular formula is C15H25FN2O2S. The molecule has 4 nitrogen and oxygen atoms in total. The fraction of sp³-hybridized carbons (Fsp3) is 0.600. The largest absolute Gasteiger partial charge is 0.330 e. The lowest BCUT2D eigenvalue weighted by Crippen LogP contribution is -2.45. The van der Waals surface area contributed by atoms with Crippen LogP contribution in [0.2, 0.25) is 0 Å². The minimum absolute atomic E-state index is 0.148. The van der Waals surface area contributed by atoms with E-state index in [0.717, 1.165) is 0 Å². The van der Waals surface area contributed by atoms with Crippen LogP contribution in [0.4, 0.5) is 4.39 Å². The smallest absolute Gasteiger partial charge is 0.241 e. The van der Waals surface area contributed by atoms with E-state index in [1.54, 1.807) is 13.8 Å². The van der Waals surface area contributed by atoms with E-state index in [2.05, 4.69) is 4.72 Å². The summed E-state index contributed by atoms with van der Waals surface area (Å²) in [6, 6.07) is 2.18. The highest BCUT2D eigenvalue weighted by Gasteiger charge is 2.30. The first-order valence-corrected chi connectivity index (χ1v) is 8.46. The number of benzene rings is 1. The molecule has 1 rings (SSSR count). The molecule has 0 aliphatic carbocycles. The Labute approximate surface area is 127 Å². The van der Waals surface area contributed by atoms with Crippen LogP contribution < -0.4 is 10.5 Å². The Bertz CT molecular complexity index is 584. The van der Waals surface area contributed by atoms with Gasteiger partial charge in [-0.1, -0.05) is 20.8 Å². The topological polar surface area (TPSA) is 72.2 Å². The summed E-state index contributed by atoms with van der Waals surface area (Å²) in [6.07, 6.45) is 0.544. The first kappa shape index (κ1) is 18.1. The molecule has 1 unspecified atom stereocenters. The van der Waals surface area contributed by atoms with Crippen LogP contribution in [0.3, 0.4) is 0 Å². The van der Waals surface area contributed by atoms with E-state index >= 15 is 0 Å². The van der Waals surface area contributed by atoms with E-state index in [4.69, 9.17) is 5.73 Å². The Morgan fingerprint density at radius 3 is 2.10 bits per heavy atom. The molecule has 0 aromatic heterocycles. The predicted molar refractivity (Wildman–Crippen MR) is 83.1 cm³/mol. The zero-order valence-corrected chi connectivity index (χ0v) is 14.1. The van der Waals surface area contributed by atoms with Gasteiger partial charge in [-0.2, -0.15) is 0 Å². The molecule has 120 valence electrons. The third kappa shape index (κ3) is 4.49. The van der Waals surface area contributed by atoms with Gasteiger partial charge < -0.3 is 5.73 Å². The van der Waals surface area contributed by atoms with Gasteiger partial charge in [-0.15, -0.1) is 0 Å². The number of nitrogens with two attached hydrogens (primary N) is 1. The van der Waals surface area contributed by atoms with Crippen molar-refractivity contribution in [3.8, 4) is 0 Å². The number of halogens is 1. The molecule has 0 bridgehead atoms. The van der Waals surface area contributed by atoms with Gasteiger partial charge in [0.25, 0.3) is 0 Å². The van der Waals surface area contributed by atoms with Crippen LogP contribution in [0, 0.1) is 25.1 Å². The highest BCUT2D eigenvalue weighted by molar-refractivity contribution is 7.89. The van der Waals surface area contributed by atoms with Crippen LogP contribution in [-0.4, -0.2) is 21.0 Å². The normalized spacial score (nSPS) is 14.2. The summed E-state index contributed by atoms with van der Waals surface area (Å²) in [7, 11) is -3.72. The van der Waals surface area contributed by atoms with Gasteiger partial charge in [0.05, 0.1) is 4.90 Å². The van der Waals surface area contributed by atoms with Crippen LogP contribution in [0.15, 0.2) is 17.0 Å². The molecule has 0 saturated heterocycles. The van der Waals surface area contributed by atoms with E-state index in [0.29, 0.717) is 24.1 Å². The Morgan fingerprint density at radius 1 is 1.24 bits per heavy atom. The standard InChI is InChI=1S/C15H25FN2O2S/c1-10-8-12(16)9-11(2)14(10)21(19,20)18-13(6-7-17)15(3,4)5/h8-9,13,18H,6-7,17H2,1-5H3. The SMILES string of the molecule is Cc1cc(F)cc(C)c1S(=O)(=O)NC(CCN)C(C)(C)C. The van der Waals surface area contributed by atoms with Crippen LogP contribution in [0.1, 0.15) is 38.3 Å². The monoisotopic (exact) mass is 316 g/mol. The van der Waals surface area contributed by atoms with E-state index in [1.807, 2.05) is 20.8 Å². The number of hydrogen-bond acceptors (Lipinski definition) is 3. The summed E-state index contributed by atoms with van der Waals surface area (Å²) in [5.74, 6) is -0.432. The summed E-state index contributed by atoms with van der Waals surface area (Å²) < 4.78 is 41.3. The number of nitrogens with one attached hydrogen (secondary N) is 1. The number of sulfonamides is 1. The maximum absolute atomic E-state index is 13.3. The third-order valence-corrected chi connectivity index (χ3v) is 5.27. The summed E-state index contributed by atoms with van der Waals surface area (Å²) in [4.78, 5) is 0.148. The van der Waals surface area contributed by atoms with Gasteiger partial charge in [0, 0.05) is 6.04 Å². The van der Waals surface area contributed by atoms with Crippen molar-refractivity contribution < 1.29 is 12.8 Å². The molecule has 6 heteroatoms. The van der Waals surface area contributed by atoms with E-state index in [9.17, 15) is 12.8 Å². The molecule has 1 aromatic carbocycles. The minimum Gasteiger partial charge on any atom is -0.330 e. The van der Waals surface area contributed by atoms with Crippen molar-refractivity contribution in [3.63, 3.8) is 0 Å². The quantitative estimate of drug-likeness (QED) is 0.876. The number of hydrogen-bond donors (Lipinski definition) is 2. The molecule has 0 radical (unpaired) electrons. The second kappa shape index (κ2) is 6.42. The molecule has 0 aliphatic heterocycles. The predicted octanol–water partition coefficient (Wildman–Crippen LogP) is 2.48. The Balaban J connectivity index is 3.23. The molecule has 0 saturated carbocycles. The molecule has 1 atom stereocenters. The van der Waals surface area contributed by atoms with Crippen molar-refractivity contribution >= 4 is 10.0 Å². The Hall–Kier alpha value is -0.980. The maximum atomic E-state index is 13.3. The summed E-state index contributed by atoms with van der Waals surface area (Å²) in [6.45, 7) is 9.46. The van der Waals surface area contributed by atoms with Crippen molar-refractivity contribution in [3.05, 3.63) is 29.1 Å². The van der Waals surface area contributed by atoms with Gasteiger partial charge >= 0.3 is 0 Å². The molecule has 0 heterocycles. The first-order chi connectivity index (χ1) is 9.49. The summed E-state index contributed by atoms with van der Waals surface area (Å²) >= 11 is 0. The molecule has 21 heavy (non-hydrogen) atoms. The lowest BCUT2D eigenvalue weighted by molar-refractivity contribution is 0.287. The minimum atomic E-state index is -3.72. The van der Waals surface area contributed by atoms with Crippen LogP contribution in [-0.2, 0) is 10.0 Å². The van der Waals surface area contributed by atoms with Crippen molar-refractivity contribution in [2.24, 2.45) is 11.1 Å². The first-order valence-electron chi connectivity index (χ1n) is 6.98. The highest BCUT2D eigenvalue weighted by Crippen LogP contribution is 2.26. The zero-order chi connectivity index (χ0) is 16.4. The Morgan fingerprint density at radius 2 is 1.71 bits per heavy atom. The second-order valence-electron chi connectivity index (χ2n) is 6.49. The fourth-order valence-corrected chi connectivity index (χ4v) is 4.33. The van der Waals surface area contributed by atoms with Crippen LogP contribution in [0.5, 0.6) is 0 Å². The third-order valence-electron chi connectivity index (χ3n) is 3.49. The Kier molecular flexibility index (Phi) is 5.52. The van der Waals surface area contributed by atoms with Crippen molar-refractivity contribution in [2.45, 2.75) is 52.0 Å². The van der Waals surface area contributed by atoms with Gasteiger partial charge in [0.15, 0.2) is 0 Å².